The number of halogens is 1. The fourth-order valence-electron chi connectivity index (χ4n) is 2.73. The summed E-state index contributed by atoms with van der Waals surface area (Å²) in [6, 6.07) is 8.95. The summed E-state index contributed by atoms with van der Waals surface area (Å²) in [7, 11) is -3.69. The van der Waals surface area contributed by atoms with E-state index >= 15 is 0 Å². The maximum absolute atomic E-state index is 12.9. The van der Waals surface area contributed by atoms with Gasteiger partial charge < -0.3 is 0 Å². The molecule has 0 bridgehead atoms. The van der Waals surface area contributed by atoms with Crippen LogP contribution in [0.5, 0.6) is 0 Å². The van der Waals surface area contributed by atoms with E-state index in [4.69, 9.17) is 11.6 Å². The molecule has 21 heavy (non-hydrogen) atoms. The van der Waals surface area contributed by atoms with Gasteiger partial charge in [-0.05, 0) is 43.0 Å². The Morgan fingerprint density at radius 2 is 2.05 bits per heavy atom. The van der Waals surface area contributed by atoms with E-state index in [1.807, 2.05) is 25.1 Å². The number of hydrogen-bond acceptors (Lipinski definition) is 3. The molecule has 1 aliphatic rings. The van der Waals surface area contributed by atoms with Gasteiger partial charge in [0.05, 0.1) is 5.69 Å². The van der Waals surface area contributed by atoms with Crippen molar-refractivity contribution in [3.8, 4) is 0 Å². The molecule has 110 valence electrons. The number of benzene rings is 1. The SMILES string of the molecule is Cc1cccc2c1N(S(=O)(=O)c1cccnc1Cl)CCC2. The molecule has 0 atom stereocenters. The zero-order chi connectivity index (χ0) is 15.0. The van der Waals surface area contributed by atoms with Gasteiger partial charge in [0.25, 0.3) is 10.0 Å². The second-order valence-electron chi connectivity index (χ2n) is 5.06. The Bertz CT molecular complexity index is 790. The summed E-state index contributed by atoms with van der Waals surface area (Å²) in [4.78, 5) is 3.94. The van der Waals surface area contributed by atoms with E-state index in [1.54, 1.807) is 6.07 Å². The maximum Gasteiger partial charge on any atom is 0.267 e. The molecule has 0 amide bonds. The molecule has 0 radical (unpaired) electrons. The number of aromatic nitrogens is 1. The second-order valence-corrected chi connectivity index (χ2v) is 7.24. The zero-order valence-electron chi connectivity index (χ0n) is 11.6. The molecule has 0 saturated heterocycles. The number of sulfonamides is 1. The van der Waals surface area contributed by atoms with Crippen molar-refractivity contribution in [2.45, 2.75) is 24.7 Å². The molecule has 6 heteroatoms. The summed E-state index contributed by atoms with van der Waals surface area (Å²) < 4.78 is 27.3. The molecule has 1 aromatic carbocycles. The quantitative estimate of drug-likeness (QED) is 0.798. The number of hydrogen-bond donors (Lipinski definition) is 0. The van der Waals surface area contributed by atoms with Gasteiger partial charge in [-0.2, -0.15) is 0 Å². The number of nitrogens with zero attached hydrogens (tertiary/aromatic N) is 2. The van der Waals surface area contributed by atoms with Crippen LogP contribution in [0, 0.1) is 6.92 Å². The van der Waals surface area contributed by atoms with Crippen LogP contribution in [-0.2, 0) is 16.4 Å². The van der Waals surface area contributed by atoms with Gasteiger partial charge in [-0.3, -0.25) is 4.31 Å². The number of anilines is 1. The highest BCUT2D eigenvalue weighted by atomic mass is 35.5. The first-order chi connectivity index (χ1) is 10.0. The van der Waals surface area contributed by atoms with E-state index in [-0.39, 0.29) is 10.0 Å². The van der Waals surface area contributed by atoms with Crippen LogP contribution < -0.4 is 4.31 Å². The molecular formula is C15H15ClN2O2S. The predicted octanol–water partition coefficient (Wildman–Crippen LogP) is 3.18. The van der Waals surface area contributed by atoms with Crippen molar-refractivity contribution in [1.82, 2.24) is 4.98 Å². The molecule has 0 spiro atoms. The largest absolute Gasteiger partial charge is 0.267 e. The van der Waals surface area contributed by atoms with Crippen LogP contribution in [0.15, 0.2) is 41.4 Å². The number of rotatable bonds is 2. The zero-order valence-corrected chi connectivity index (χ0v) is 13.2. The molecule has 4 nitrogen and oxygen atoms in total. The Morgan fingerprint density at radius 1 is 1.24 bits per heavy atom. The van der Waals surface area contributed by atoms with Gasteiger partial charge in [-0.15, -0.1) is 0 Å². The summed E-state index contributed by atoms with van der Waals surface area (Å²) in [5.74, 6) is 0. The fourth-order valence-corrected chi connectivity index (χ4v) is 4.76. The average molecular weight is 323 g/mol. The van der Waals surface area contributed by atoms with Crippen molar-refractivity contribution in [1.29, 1.82) is 0 Å². The van der Waals surface area contributed by atoms with Gasteiger partial charge in [0.2, 0.25) is 0 Å². The van der Waals surface area contributed by atoms with Crippen LogP contribution in [0.2, 0.25) is 5.15 Å². The Balaban J connectivity index is 2.17. The highest BCUT2D eigenvalue weighted by molar-refractivity contribution is 7.93. The normalized spacial score (nSPS) is 14.9. The van der Waals surface area contributed by atoms with Crippen molar-refractivity contribution in [3.05, 3.63) is 52.8 Å². The van der Waals surface area contributed by atoms with Crippen molar-refractivity contribution >= 4 is 27.3 Å². The van der Waals surface area contributed by atoms with E-state index < -0.39 is 10.0 Å². The summed E-state index contributed by atoms with van der Waals surface area (Å²) in [6.07, 6.45) is 3.17. The van der Waals surface area contributed by atoms with Crippen molar-refractivity contribution in [2.75, 3.05) is 10.8 Å². The minimum Gasteiger partial charge on any atom is -0.266 e. The van der Waals surface area contributed by atoms with Crippen molar-refractivity contribution in [2.24, 2.45) is 0 Å². The maximum atomic E-state index is 12.9. The lowest BCUT2D eigenvalue weighted by atomic mass is 10.0. The molecule has 2 heterocycles. The molecule has 2 aromatic rings. The first-order valence-corrected chi connectivity index (χ1v) is 8.55. The van der Waals surface area contributed by atoms with Crippen molar-refractivity contribution in [3.63, 3.8) is 0 Å². The summed E-state index contributed by atoms with van der Waals surface area (Å²) in [6.45, 7) is 2.39. The summed E-state index contributed by atoms with van der Waals surface area (Å²) in [5.41, 5.74) is 2.80. The smallest absolute Gasteiger partial charge is 0.266 e. The molecule has 1 aromatic heterocycles. The van der Waals surface area contributed by atoms with Crippen LogP contribution in [-0.4, -0.2) is 19.9 Å². The Labute approximate surface area is 129 Å². The average Bonchev–Trinajstić information content (AvgIpc) is 2.47. The third-order valence-electron chi connectivity index (χ3n) is 3.67. The molecule has 0 N–H and O–H groups in total. The van der Waals surface area contributed by atoms with Crippen LogP contribution in [0.1, 0.15) is 17.5 Å². The molecule has 0 fully saturated rings. The van der Waals surface area contributed by atoms with Crippen LogP contribution in [0.4, 0.5) is 5.69 Å². The van der Waals surface area contributed by atoms with Gasteiger partial charge >= 0.3 is 0 Å². The molecule has 0 aliphatic carbocycles. The highest BCUT2D eigenvalue weighted by Crippen LogP contribution is 2.35. The van der Waals surface area contributed by atoms with Gasteiger partial charge in [0.1, 0.15) is 10.0 Å². The van der Waals surface area contributed by atoms with Gasteiger partial charge in [0.15, 0.2) is 0 Å². The lowest BCUT2D eigenvalue weighted by Crippen LogP contribution is -2.36. The molecule has 0 unspecified atom stereocenters. The standard InChI is InChI=1S/C15H15ClN2O2S/c1-11-5-2-6-12-7-4-10-18(14(11)12)21(19,20)13-8-3-9-17-15(13)16/h2-3,5-6,8-9H,4,7,10H2,1H3. The second kappa shape index (κ2) is 5.31. The third-order valence-corrected chi connectivity index (χ3v) is 5.91. The monoisotopic (exact) mass is 322 g/mol. The fraction of sp³-hybridized carbons (Fsp3) is 0.267. The van der Waals surface area contributed by atoms with Crippen molar-refractivity contribution < 1.29 is 8.42 Å². The Morgan fingerprint density at radius 3 is 2.81 bits per heavy atom. The number of pyridine rings is 1. The van der Waals surface area contributed by atoms with E-state index in [0.29, 0.717) is 6.54 Å². The van der Waals surface area contributed by atoms with E-state index in [2.05, 4.69) is 4.98 Å². The molecule has 3 rings (SSSR count). The highest BCUT2D eigenvalue weighted by Gasteiger charge is 2.31. The van der Waals surface area contributed by atoms with Crippen LogP contribution in [0.3, 0.4) is 0 Å². The minimum atomic E-state index is -3.69. The van der Waals surface area contributed by atoms with Crippen LogP contribution >= 0.6 is 11.6 Å². The molecule has 1 aliphatic heterocycles. The summed E-state index contributed by atoms with van der Waals surface area (Å²) in [5, 5.41) is 0.0122. The van der Waals surface area contributed by atoms with Gasteiger partial charge in [0, 0.05) is 12.7 Å². The van der Waals surface area contributed by atoms with E-state index in [1.165, 1.54) is 16.6 Å². The van der Waals surface area contributed by atoms with Gasteiger partial charge in [-0.1, -0.05) is 29.8 Å². The predicted molar refractivity (Wildman–Crippen MR) is 83.3 cm³/mol. The Kier molecular flexibility index (Phi) is 3.63. The first-order valence-electron chi connectivity index (χ1n) is 6.73. The topological polar surface area (TPSA) is 50.3 Å². The van der Waals surface area contributed by atoms with E-state index in [0.717, 1.165) is 29.7 Å². The molecular weight excluding hydrogens is 308 g/mol. The Hall–Kier alpha value is -1.59. The lowest BCUT2D eigenvalue weighted by Gasteiger charge is -2.32. The molecule has 0 saturated carbocycles. The number of aryl methyl sites for hydroxylation is 2. The first kappa shape index (κ1) is 14.4. The summed E-state index contributed by atoms with van der Waals surface area (Å²) >= 11 is 5.98. The van der Waals surface area contributed by atoms with E-state index in [9.17, 15) is 8.42 Å². The lowest BCUT2D eigenvalue weighted by molar-refractivity contribution is 0.586. The number of para-hydroxylation sites is 1. The van der Waals surface area contributed by atoms with Gasteiger partial charge in [-0.25, -0.2) is 13.4 Å². The third kappa shape index (κ3) is 2.40. The number of fused-ring (bicyclic) bond motifs is 1. The minimum absolute atomic E-state index is 0.0122. The van der Waals surface area contributed by atoms with Crippen LogP contribution in [0.25, 0.3) is 0 Å².